The molecule has 0 saturated carbocycles. The Balaban J connectivity index is 1.55. The third kappa shape index (κ3) is 5.18. The van der Waals surface area contributed by atoms with E-state index in [1.54, 1.807) is 12.1 Å². The Morgan fingerprint density at radius 1 is 1.06 bits per heavy atom. The Bertz CT molecular complexity index is 1340. The molecular formula is C25H24N4O3S. The molecule has 0 saturated heterocycles. The van der Waals surface area contributed by atoms with Crippen LogP contribution in [0.15, 0.2) is 59.4 Å². The largest absolute Gasteiger partial charge is 0.494 e. The standard InChI is InChI=1S/C25H24N4O3S/c1-4-18-14-21(30)29-23(27-18)17-7-6-8-19(13-17)28-24(31)22-15(3)26-25(33-22)16-9-11-20(12-10-16)32-5-2/h6-14H,4-5H2,1-3H3,(H,28,31)(H,27,29,30). The number of anilines is 1. The number of aryl methyl sites for hydroxylation is 2. The highest BCUT2D eigenvalue weighted by molar-refractivity contribution is 7.17. The van der Waals surface area contributed by atoms with E-state index in [1.165, 1.54) is 17.4 Å². The molecule has 0 radical (unpaired) electrons. The normalized spacial score (nSPS) is 10.8. The second kappa shape index (κ2) is 9.79. The average Bonchev–Trinajstić information content (AvgIpc) is 3.21. The lowest BCUT2D eigenvalue weighted by Crippen LogP contribution is -2.12. The molecular weight excluding hydrogens is 436 g/mol. The zero-order valence-electron chi connectivity index (χ0n) is 18.6. The molecule has 2 aromatic carbocycles. The number of carbonyl (C=O) groups excluding carboxylic acids is 1. The van der Waals surface area contributed by atoms with Crippen molar-refractivity contribution in [3.05, 3.63) is 81.2 Å². The van der Waals surface area contributed by atoms with Gasteiger partial charge in [-0.25, -0.2) is 9.97 Å². The summed E-state index contributed by atoms with van der Waals surface area (Å²) >= 11 is 1.34. The quantitative estimate of drug-likeness (QED) is 0.401. The molecule has 8 heteroatoms. The van der Waals surface area contributed by atoms with Gasteiger partial charge in [0.1, 0.15) is 21.5 Å². The smallest absolute Gasteiger partial charge is 0.267 e. The number of nitrogens with one attached hydrogen (secondary N) is 2. The summed E-state index contributed by atoms with van der Waals surface area (Å²) in [5, 5.41) is 3.71. The number of H-pyrrole nitrogens is 1. The van der Waals surface area contributed by atoms with Crippen molar-refractivity contribution in [2.45, 2.75) is 27.2 Å². The van der Waals surface area contributed by atoms with Crippen LogP contribution >= 0.6 is 11.3 Å². The predicted octanol–water partition coefficient (Wildman–Crippen LogP) is 5.08. The molecule has 0 aliphatic rings. The van der Waals surface area contributed by atoms with Crippen LogP contribution in [0.2, 0.25) is 0 Å². The minimum atomic E-state index is -0.233. The van der Waals surface area contributed by atoms with Gasteiger partial charge >= 0.3 is 0 Å². The van der Waals surface area contributed by atoms with Gasteiger partial charge in [-0.2, -0.15) is 0 Å². The fraction of sp³-hybridized carbons (Fsp3) is 0.200. The number of aromatic nitrogens is 3. The van der Waals surface area contributed by atoms with Crippen LogP contribution in [0.1, 0.15) is 34.9 Å². The number of benzene rings is 2. The maximum absolute atomic E-state index is 13.0. The Hall–Kier alpha value is -3.78. The number of nitrogens with zero attached hydrogens (tertiary/aromatic N) is 2. The molecule has 7 nitrogen and oxygen atoms in total. The minimum Gasteiger partial charge on any atom is -0.494 e. The molecule has 0 unspecified atom stereocenters. The van der Waals surface area contributed by atoms with Gasteiger partial charge in [0.05, 0.1) is 12.3 Å². The van der Waals surface area contributed by atoms with Crippen molar-refractivity contribution in [2.24, 2.45) is 0 Å². The van der Waals surface area contributed by atoms with Crippen LogP contribution in [0.25, 0.3) is 22.0 Å². The summed E-state index contributed by atoms with van der Waals surface area (Å²) in [6.45, 7) is 6.32. The first-order chi connectivity index (χ1) is 16.0. The molecule has 2 heterocycles. The SMILES string of the molecule is CCOc1ccc(-c2nc(C)c(C(=O)Nc3cccc(-c4nc(CC)cc(=O)[nH]4)c3)s2)cc1. The van der Waals surface area contributed by atoms with E-state index in [-0.39, 0.29) is 11.5 Å². The molecule has 2 aromatic heterocycles. The molecule has 1 amide bonds. The van der Waals surface area contributed by atoms with Gasteiger partial charge in [0, 0.05) is 28.6 Å². The lowest BCUT2D eigenvalue weighted by molar-refractivity contribution is 0.103. The molecule has 4 rings (SSSR count). The van der Waals surface area contributed by atoms with Gasteiger partial charge in [-0.1, -0.05) is 19.1 Å². The van der Waals surface area contributed by atoms with E-state index in [0.717, 1.165) is 21.9 Å². The second-order valence-electron chi connectivity index (χ2n) is 7.36. The Kier molecular flexibility index (Phi) is 6.65. The van der Waals surface area contributed by atoms with Crippen molar-refractivity contribution in [2.75, 3.05) is 11.9 Å². The molecule has 0 bridgehead atoms. The third-order valence-electron chi connectivity index (χ3n) is 4.97. The van der Waals surface area contributed by atoms with Crippen molar-refractivity contribution >= 4 is 22.9 Å². The lowest BCUT2D eigenvalue weighted by atomic mass is 10.1. The van der Waals surface area contributed by atoms with Crippen LogP contribution in [0.3, 0.4) is 0 Å². The van der Waals surface area contributed by atoms with Crippen molar-refractivity contribution < 1.29 is 9.53 Å². The molecule has 0 aliphatic heterocycles. The topological polar surface area (TPSA) is 97.0 Å². The second-order valence-corrected chi connectivity index (χ2v) is 8.36. The van der Waals surface area contributed by atoms with E-state index in [1.807, 2.05) is 57.2 Å². The first kappa shape index (κ1) is 22.4. The Labute approximate surface area is 195 Å². The van der Waals surface area contributed by atoms with Gasteiger partial charge in [0.15, 0.2) is 0 Å². The van der Waals surface area contributed by atoms with Crippen LogP contribution in [-0.4, -0.2) is 27.5 Å². The molecule has 2 N–H and O–H groups in total. The monoisotopic (exact) mass is 460 g/mol. The van der Waals surface area contributed by atoms with Crippen molar-refractivity contribution in [1.82, 2.24) is 15.0 Å². The van der Waals surface area contributed by atoms with Gasteiger partial charge in [0.2, 0.25) is 0 Å². The summed E-state index contributed by atoms with van der Waals surface area (Å²) in [7, 11) is 0. The summed E-state index contributed by atoms with van der Waals surface area (Å²) in [6.07, 6.45) is 0.661. The fourth-order valence-electron chi connectivity index (χ4n) is 3.35. The maximum Gasteiger partial charge on any atom is 0.267 e. The number of amides is 1. The number of ether oxygens (including phenoxy) is 1. The Morgan fingerprint density at radius 3 is 2.58 bits per heavy atom. The third-order valence-corrected chi connectivity index (χ3v) is 6.17. The summed E-state index contributed by atoms with van der Waals surface area (Å²) < 4.78 is 5.49. The molecule has 0 spiro atoms. The van der Waals surface area contributed by atoms with E-state index in [2.05, 4.69) is 20.3 Å². The highest BCUT2D eigenvalue weighted by Crippen LogP contribution is 2.30. The van der Waals surface area contributed by atoms with Crippen molar-refractivity contribution in [1.29, 1.82) is 0 Å². The first-order valence-corrected chi connectivity index (χ1v) is 11.5. The number of hydrogen-bond donors (Lipinski definition) is 2. The highest BCUT2D eigenvalue weighted by atomic mass is 32.1. The zero-order chi connectivity index (χ0) is 23.4. The summed E-state index contributed by atoms with van der Waals surface area (Å²) in [5.41, 5.74) is 3.44. The minimum absolute atomic E-state index is 0.201. The molecule has 0 atom stereocenters. The van der Waals surface area contributed by atoms with E-state index >= 15 is 0 Å². The average molecular weight is 461 g/mol. The van der Waals surface area contributed by atoms with E-state index in [0.29, 0.717) is 40.8 Å². The van der Waals surface area contributed by atoms with Crippen LogP contribution < -0.4 is 15.6 Å². The predicted molar refractivity (Wildman–Crippen MR) is 131 cm³/mol. The zero-order valence-corrected chi connectivity index (χ0v) is 19.5. The van der Waals surface area contributed by atoms with E-state index < -0.39 is 0 Å². The summed E-state index contributed by atoms with van der Waals surface area (Å²) in [4.78, 5) is 37.3. The molecule has 33 heavy (non-hydrogen) atoms. The van der Waals surface area contributed by atoms with Gasteiger partial charge in [0.25, 0.3) is 11.5 Å². The molecule has 4 aromatic rings. The van der Waals surface area contributed by atoms with Gasteiger partial charge in [-0.05, 0) is 56.7 Å². The molecule has 0 aliphatic carbocycles. The number of thiazole rings is 1. The number of aromatic amines is 1. The maximum atomic E-state index is 13.0. The van der Waals surface area contributed by atoms with Crippen molar-refractivity contribution in [3.8, 4) is 27.7 Å². The van der Waals surface area contributed by atoms with Gasteiger partial charge < -0.3 is 15.0 Å². The number of rotatable bonds is 7. The van der Waals surface area contributed by atoms with E-state index in [4.69, 9.17) is 4.74 Å². The summed E-state index contributed by atoms with van der Waals surface area (Å²) in [5.74, 6) is 1.04. The Morgan fingerprint density at radius 2 is 1.85 bits per heavy atom. The van der Waals surface area contributed by atoms with E-state index in [9.17, 15) is 9.59 Å². The highest BCUT2D eigenvalue weighted by Gasteiger charge is 2.17. The first-order valence-electron chi connectivity index (χ1n) is 10.7. The van der Waals surface area contributed by atoms with Crippen LogP contribution in [0, 0.1) is 6.92 Å². The molecule has 168 valence electrons. The summed E-state index contributed by atoms with van der Waals surface area (Å²) in [6, 6.07) is 16.4. The number of hydrogen-bond acceptors (Lipinski definition) is 6. The number of carbonyl (C=O) groups is 1. The van der Waals surface area contributed by atoms with Gasteiger partial charge in [-0.3, -0.25) is 9.59 Å². The molecule has 0 fully saturated rings. The lowest BCUT2D eigenvalue weighted by Gasteiger charge is -2.07. The van der Waals surface area contributed by atoms with Crippen LogP contribution in [0.5, 0.6) is 5.75 Å². The van der Waals surface area contributed by atoms with Crippen LogP contribution in [-0.2, 0) is 6.42 Å². The van der Waals surface area contributed by atoms with Crippen LogP contribution in [0.4, 0.5) is 5.69 Å². The van der Waals surface area contributed by atoms with Gasteiger partial charge in [-0.15, -0.1) is 11.3 Å². The fourth-order valence-corrected chi connectivity index (χ4v) is 4.32. The van der Waals surface area contributed by atoms with Crippen molar-refractivity contribution in [3.63, 3.8) is 0 Å².